The molecule has 0 spiro atoms. The van der Waals surface area contributed by atoms with Gasteiger partial charge in [-0.1, -0.05) is 23.7 Å². The van der Waals surface area contributed by atoms with E-state index >= 15 is 0 Å². The van der Waals surface area contributed by atoms with Crippen LogP contribution in [0.1, 0.15) is 12.5 Å². The molecule has 1 aromatic rings. The maximum absolute atomic E-state index is 11.3. The Balaban J connectivity index is 3.04. The number of rotatable bonds is 3. The van der Waals surface area contributed by atoms with E-state index in [0.717, 1.165) is 0 Å². The topological polar surface area (TPSA) is 52.6 Å². The Morgan fingerprint density at radius 1 is 1.35 bits per heavy atom. The predicted molar refractivity (Wildman–Crippen MR) is 63.2 cm³/mol. The zero-order valence-corrected chi connectivity index (χ0v) is 10.2. The number of carbonyl (C=O) groups is 2. The Kier molecular flexibility index (Phi) is 4.72. The molecule has 0 aromatic heterocycles. The quantitative estimate of drug-likeness (QED) is 0.472. The number of esters is 2. The van der Waals surface area contributed by atoms with Crippen molar-refractivity contribution in [1.82, 2.24) is 0 Å². The molecule has 90 valence electrons. The second-order valence-corrected chi connectivity index (χ2v) is 3.59. The number of carbonyl (C=O) groups excluding carboxylic acids is 2. The molecule has 0 aliphatic rings. The number of hydrogen-bond acceptors (Lipinski definition) is 4. The lowest BCUT2D eigenvalue weighted by Crippen LogP contribution is -2.10. The molecular weight excluding hydrogens is 244 g/mol. The van der Waals surface area contributed by atoms with Gasteiger partial charge in [0.25, 0.3) is 0 Å². The van der Waals surface area contributed by atoms with E-state index in [0.29, 0.717) is 10.6 Å². The molecule has 0 aliphatic carbocycles. The highest BCUT2D eigenvalue weighted by molar-refractivity contribution is 6.30. The fourth-order valence-electron chi connectivity index (χ4n) is 1.13. The number of ether oxygens (including phenoxy) is 2. The zero-order valence-electron chi connectivity index (χ0n) is 9.40. The standard InChI is InChI=1S/C12H11ClO4/c1-8(14)17-11(12(15)16-2)7-9-4-3-5-10(13)6-9/h3-7H,1-2H3/b11-7-. The van der Waals surface area contributed by atoms with Crippen molar-refractivity contribution in [1.29, 1.82) is 0 Å². The molecule has 0 aliphatic heterocycles. The molecule has 0 fully saturated rings. The summed E-state index contributed by atoms with van der Waals surface area (Å²) in [4.78, 5) is 22.2. The van der Waals surface area contributed by atoms with Crippen molar-refractivity contribution in [3.63, 3.8) is 0 Å². The summed E-state index contributed by atoms with van der Waals surface area (Å²) in [5.74, 6) is -1.49. The first-order valence-electron chi connectivity index (χ1n) is 4.77. The van der Waals surface area contributed by atoms with Crippen LogP contribution in [-0.2, 0) is 19.1 Å². The van der Waals surface area contributed by atoms with Crippen molar-refractivity contribution in [3.05, 3.63) is 40.6 Å². The summed E-state index contributed by atoms with van der Waals surface area (Å²) in [6.07, 6.45) is 1.39. The molecule has 5 heteroatoms. The highest BCUT2D eigenvalue weighted by Crippen LogP contribution is 2.15. The van der Waals surface area contributed by atoms with Crippen LogP contribution in [0.2, 0.25) is 5.02 Å². The predicted octanol–water partition coefficient (Wildman–Crippen LogP) is 2.42. The lowest BCUT2D eigenvalue weighted by atomic mass is 10.2. The first kappa shape index (κ1) is 13.3. The Labute approximate surface area is 104 Å². The molecule has 0 N–H and O–H groups in total. The maximum Gasteiger partial charge on any atom is 0.374 e. The number of halogens is 1. The third-order valence-electron chi connectivity index (χ3n) is 1.79. The van der Waals surface area contributed by atoms with Gasteiger partial charge in [-0.2, -0.15) is 0 Å². The molecule has 0 saturated heterocycles. The number of methoxy groups -OCH3 is 1. The van der Waals surface area contributed by atoms with E-state index in [9.17, 15) is 9.59 Å². The van der Waals surface area contributed by atoms with Gasteiger partial charge in [-0.25, -0.2) is 4.79 Å². The van der Waals surface area contributed by atoms with Gasteiger partial charge in [-0.15, -0.1) is 0 Å². The summed E-state index contributed by atoms with van der Waals surface area (Å²) in [7, 11) is 1.21. The molecular formula is C12H11ClO4. The van der Waals surface area contributed by atoms with E-state index in [2.05, 4.69) is 4.74 Å². The van der Waals surface area contributed by atoms with Crippen LogP contribution in [0.3, 0.4) is 0 Å². The van der Waals surface area contributed by atoms with E-state index in [1.165, 1.54) is 20.1 Å². The lowest BCUT2D eigenvalue weighted by molar-refractivity contribution is -0.148. The van der Waals surface area contributed by atoms with Gasteiger partial charge < -0.3 is 9.47 Å². The monoisotopic (exact) mass is 254 g/mol. The van der Waals surface area contributed by atoms with Gasteiger partial charge in [-0.05, 0) is 23.8 Å². The molecule has 0 radical (unpaired) electrons. The summed E-state index contributed by atoms with van der Waals surface area (Å²) in [5, 5.41) is 0.519. The minimum atomic E-state index is -0.722. The van der Waals surface area contributed by atoms with Crippen LogP contribution in [0.4, 0.5) is 0 Å². The molecule has 0 bridgehead atoms. The van der Waals surface area contributed by atoms with Crippen molar-refractivity contribution in [3.8, 4) is 0 Å². The lowest BCUT2D eigenvalue weighted by Gasteiger charge is -2.04. The van der Waals surface area contributed by atoms with Gasteiger partial charge >= 0.3 is 11.9 Å². The van der Waals surface area contributed by atoms with Crippen LogP contribution < -0.4 is 0 Å². The minimum absolute atomic E-state index is 0.178. The molecule has 1 rings (SSSR count). The molecule has 0 atom stereocenters. The maximum atomic E-state index is 11.3. The Morgan fingerprint density at radius 2 is 2.06 bits per heavy atom. The van der Waals surface area contributed by atoms with Gasteiger partial charge in [0.05, 0.1) is 7.11 Å². The minimum Gasteiger partial charge on any atom is -0.463 e. The van der Waals surface area contributed by atoms with Crippen molar-refractivity contribution in [2.24, 2.45) is 0 Å². The third kappa shape index (κ3) is 4.28. The average Bonchev–Trinajstić information content (AvgIpc) is 2.26. The SMILES string of the molecule is COC(=O)/C(=C/c1cccc(Cl)c1)OC(C)=O. The summed E-state index contributed by atoms with van der Waals surface area (Å²) >= 11 is 5.79. The van der Waals surface area contributed by atoms with Crippen molar-refractivity contribution < 1.29 is 19.1 Å². The van der Waals surface area contributed by atoms with Gasteiger partial charge in [0.2, 0.25) is 5.76 Å². The molecule has 0 unspecified atom stereocenters. The van der Waals surface area contributed by atoms with E-state index in [4.69, 9.17) is 16.3 Å². The second-order valence-electron chi connectivity index (χ2n) is 3.15. The molecule has 0 heterocycles. The van der Waals surface area contributed by atoms with Crippen LogP contribution in [0, 0.1) is 0 Å². The highest BCUT2D eigenvalue weighted by atomic mass is 35.5. The van der Waals surface area contributed by atoms with E-state index in [-0.39, 0.29) is 5.76 Å². The number of benzene rings is 1. The number of hydrogen-bond donors (Lipinski definition) is 0. The largest absolute Gasteiger partial charge is 0.463 e. The van der Waals surface area contributed by atoms with Crippen molar-refractivity contribution in [2.75, 3.05) is 7.11 Å². The van der Waals surface area contributed by atoms with Crippen LogP contribution in [-0.4, -0.2) is 19.0 Å². The fourth-order valence-corrected chi connectivity index (χ4v) is 1.33. The second kappa shape index (κ2) is 6.06. The Morgan fingerprint density at radius 3 is 2.59 bits per heavy atom. The van der Waals surface area contributed by atoms with Gasteiger partial charge in [0, 0.05) is 11.9 Å². The molecule has 0 saturated carbocycles. The molecule has 4 nitrogen and oxygen atoms in total. The first-order chi connectivity index (χ1) is 8.02. The molecule has 1 aromatic carbocycles. The van der Waals surface area contributed by atoms with Crippen LogP contribution in [0.5, 0.6) is 0 Å². The van der Waals surface area contributed by atoms with Crippen LogP contribution >= 0.6 is 11.6 Å². The summed E-state index contributed by atoms with van der Waals surface area (Å²) in [6, 6.07) is 6.77. The zero-order chi connectivity index (χ0) is 12.8. The van der Waals surface area contributed by atoms with Gasteiger partial charge in [0.1, 0.15) is 0 Å². The smallest absolute Gasteiger partial charge is 0.374 e. The molecule has 0 amide bonds. The van der Waals surface area contributed by atoms with Gasteiger partial charge in [-0.3, -0.25) is 4.79 Å². The van der Waals surface area contributed by atoms with Crippen LogP contribution in [0.15, 0.2) is 30.0 Å². The highest BCUT2D eigenvalue weighted by Gasteiger charge is 2.13. The van der Waals surface area contributed by atoms with Crippen molar-refractivity contribution in [2.45, 2.75) is 6.92 Å². The van der Waals surface area contributed by atoms with E-state index in [1.54, 1.807) is 24.3 Å². The Bertz CT molecular complexity index is 465. The summed E-state index contributed by atoms with van der Waals surface area (Å²) in [6.45, 7) is 1.20. The average molecular weight is 255 g/mol. The Hall–Kier alpha value is -1.81. The fraction of sp³-hybridized carbons (Fsp3) is 0.167. The van der Waals surface area contributed by atoms with Crippen molar-refractivity contribution >= 4 is 29.6 Å². The first-order valence-corrected chi connectivity index (χ1v) is 5.14. The third-order valence-corrected chi connectivity index (χ3v) is 2.02. The normalized spacial score (nSPS) is 10.9. The van der Waals surface area contributed by atoms with Crippen LogP contribution in [0.25, 0.3) is 6.08 Å². The molecule has 17 heavy (non-hydrogen) atoms. The van der Waals surface area contributed by atoms with E-state index in [1.807, 2.05) is 0 Å². The summed E-state index contributed by atoms with van der Waals surface area (Å²) in [5.41, 5.74) is 0.638. The van der Waals surface area contributed by atoms with E-state index < -0.39 is 11.9 Å². The van der Waals surface area contributed by atoms with Gasteiger partial charge in [0.15, 0.2) is 0 Å². The summed E-state index contributed by atoms with van der Waals surface area (Å²) < 4.78 is 9.25.